The minimum Gasteiger partial charge on any atom is -0.411 e. The van der Waals surface area contributed by atoms with Gasteiger partial charge in [-0.3, -0.25) is 0 Å². The van der Waals surface area contributed by atoms with Gasteiger partial charge in [-0.05, 0) is 12.3 Å². The quantitative estimate of drug-likeness (QED) is 0.411. The lowest BCUT2D eigenvalue weighted by Gasteiger charge is -2.17. The Balaban J connectivity index is 3.24. The SMILES string of the molecule is Cc1onc(/C=N/O)c1C(C)(C)C. The minimum atomic E-state index is -0.0550. The van der Waals surface area contributed by atoms with Gasteiger partial charge in [0.15, 0.2) is 0 Å². The van der Waals surface area contributed by atoms with E-state index in [0.717, 1.165) is 11.3 Å². The molecule has 72 valence electrons. The van der Waals surface area contributed by atoms with Crippen LogP contribution in [0, 0.1) is 6.92 Å². The van der Waals surface area contributed by atoms with E-state index in [2.05, 4.69) is 31.1 Å². The van der Waals surface area contributed by atoms with Crippen molar-refractivity contribution in [2.24, 2.45) is 5.16 Å². The van der Waals surface area contributed by atoms with Crippen molar-refractivity contribution in [2.75, 3.05) is 0 Å². The first-order chi connectivity index (χ1) is 5.96. The second-order valence-electron chi connectivity index (χ2n) is 3.99. The number of nitrogens with zero attached hydrogens (tertiary/aromatic N) is 2. The molecule has 1 aromatic rings. The maximum Gasteiger partial charge on any atom is 0.138 e. The number of aromatic nitrogens is 1. The van der Waals surface area contributed by atoms with Crippen LogP contribution >= 0.6 is 0 Å². The Bertz CT molecular complexity index is 321. The molecule has 4 nitrogen and oxygen atoms in total. The summed E-state index contributed by atoms with van der Waals surface area (Å²) in [6.45, 7) is 8.02. The van der Waals surface area contributed by atoms with Crippen molar-refractivity contribution in [1.29, 1.82) is 0 Å². The Morgan fingerprint density at radius 1 is 1.46 bits per heavy atom. The molecule has 0 radical (unpaired) electrons. The fourth-order valence-corrected chi connectivity index (χ4v) is 1.44. The van der Waals surface area contributed by atoms with Gasteiger partial charge in [0.1, 0.15) is 11.5 Å². The molecule has 13 heavy (non-hydrogen) atoms. The average molecular weight is 182 g/mol. The van der Waals surface area contributed by atoms with Crippen LogP contribution < -0.4 is 0 Å². The molecule has 0 aliphatic carbocycles. The molecule has 0 bridgehead atoms. The fourth-order valence-electron chi connectivity index (χ4n) is 1.44. The largest absolute Gasteiger partial charge is 0.411 e. The standard InChI is InChI=1S/C9H14N2O2/c1-6-8(9(2,3)4)7(5-10-12)11-13-6/h5,12H,1-4H3/b10-5+. The van der Waals surface area contributed by atoms with E-state index in [1.807, 2.05) is 6.92 Å². The molecule has 0 aromatic carbocycles. The number of hydrogen-bond acceptors (Lipinski definition) is 4. The molecule has 1 aromatic heterocycles. The smallest absolute Gasteiger partial charge is 0.138 e. The highest BCUT2D eigenvalue weighted by Gasteiger charge is 2.24. The monoisotopic (exact) mass is 182 g/mol. The van der Waals surface area contributed by atoms with Gasteiger partial charge in [0.2, 0.25) is 0 Å². The highest BCUT2D eigenvalue weighted by atomic mass is 16.5. The van der Waals surface area contributed by atoms with Gasteiger partial charge in [-0.2, -0.15) is 0 Å². The first-order valence-corrected chi connectivity index (χ1v) is 4.11. The molecule has 0 spiro atoms. The van der Waals surface area contributed by atoms with Crippen LogP contribution in [0.2, 0.25) is 0 Å². The summed E-state index contributed by atoms with van der Waals surface area (Å²) in [5.74, 6) is 0.766. The average Bonchev–Trinajstić information content (AvgIpc) is 2.31. The summed E-state index contributed by atoms with van der Waals surface area (Å²) in [5, 5.41) is 15.1. The van der Waals surface area contributed by atoms with Crippen molar-refractivity contribution >= 4 is 6.21 Å². The molecular formula is C9H14N2O2. The minimum absolute atomic E-state index is 0.0550. The predicted molar refractivity (Wildman–Crippen MR) is 49.3 cm³/mol. The van der Waals surface area contributed by atoms with Gasteiger partial charge in [0.05, 0.1) is 6.21 Å². The highest BCUT2D eigenvalue weighted by Crippen LogP contribution is 2.27. The van der Waals surface area contributed by atoms with Gasteiger partial charge in [-0.1, -0.05) is 31.1 Å². The summed E-state index contributed by atoms with van der Waals surface area (Å²) in [6, 6.07) is 0. The molecule has 1 heterocycles. The fraction of sp³-hybridized carbons (Fsp3) is 0.556. The van der Waals surface area contributed by atoms with Crippen LogP contribution in [0.15, 0.2) is 9.68 Å². The third-order valence-electron chi connectivity index (χ3n) is 1.82. The summed E-state index contributed by atoms with van der Waals surface area (Å²) >= 11 is 0. The zero-order valence-corrected chi connectivity index (χ0v) is 8.33. The number of oxime groups is 1. The Morgan fingerprint density at radius 2 is 2.08 bits per heavy atom. The molecule has 0 aliphatic heterocycles. The first kappa shape index (κ1) is 9.77. The van der Waals surface area contributed by atoms with Crippen LogP contribution in [0.5, 0.6) is 0 Å². The molecule has 1 rings (SSSR count). The molecule has 0 aliphatic rings. The molecule has 0 unspecified atom stereocenters. The van der Waals surface area contributed by atoms with Crippen LogP contribution in [-0.2, 0) is 5.41 Å². The van der Waals surface area contributed by atoms with Gasteiger partial charge < -0.3 is 9.73 Å². The van der Waals surface area contributed by atoms with Crippen molar-refractivity contribution in [3.63, 3.8) is 0 Å². The Hall–Kier alpha value is -1.32. The molecule has 0 amide bonds. The molecule has 0 fully saturated rings. The second kappa shape index (κ2) is 3.20. The third kappa shape index (κ3) is 1.88. The van der Waals surface area contributed by atoms with Gasteiger partial charge in [-0.15, -0.1) is 0 Å². The zero-order chi connectivity index (χ0) is 10.1. The highest BCUT2D eigenvalue weighted by molar-refractivity contribution is 5.79. The lowest BCUT2D eigenvalue weighted by atomic mass is 9.86. The number of rotatable bonds is 1. The van der Waals surface area contributed by atoms with Crippen molar-refractivity contribution < 1.29 is 9.73 Å². The Morgan fingerprint density at radius 3 is 2.54 bits per heavy atom. The summed E-state index contributed by atoms with van der Waals surface area (Å²) in [7, 11) is 0. The van der Waals surface area contributed by atoms with Gasteiger partial charge >= 0.3 is 0 Å². The van der Waals surface area contributed by atoms with E-state index in [-0.39, 0.29) is 5.41 Å². The number of aryl methyl sites for hydroxylation is 1. The van der Waals surface area contributed by atoms with E-state index in [9.17, 15) is 0 Å². The Kier molecular flexibility index (Phi) is 2.40. The molecule has 0 atom stereocenters. The van der Waals surface area contributed by atoms with Crippen molar-refractivity contribution in [3.05, 3.63) is 17.0 Å². The lowest BCUT2D eigenvalue weighted by molar-refractivity contribution is 0.321. The number of hydrogen-bond donors (Lipinski definition) is 1. The molecule has 0 saturated heterocycles. The first-order valence-electron chi connectivity index (χ1n) is 4.11. The maximum atomic E-state index is 8.41. The van der Waals surface area contributed by atoms with E-state index in [1.165, 1.54) is 6.21 Å². The van der Waals surface area contributed by atoms with E-state index in [1.54, 1.807) is 0 Å². The third-order valence-corrected chi connectivity index (χ3v) is 1.82. The van der Waals surface area contributed by atoms with Gasteiger partial charge in [0, 0.05) is 5.56 Å². The molecule has 1 N–H and O–H groups in total. The molecular weight excluding hydrogens is 168 g/mol. The van der Waals surface area contributed by atoms with Crippen LogP contribution in [0.1, 0.15) is 37.8 Å². The lowest BCUT2D eigenvalue weighted by Crippen LogP contribution is -2.14. The normalized spacial score (nSPS) is 12.6. The van der Waals surface area contributed by atoms with Crippen molar-refractivity contribution in [2.45, 2.75) is 33.1 Å². The topological polar surface area (TPSA) is 58.6 Å². The Labute approximate surface area is 77.2 Å². The van der Waals surface area contributed by atoms with Crippen LogP contribution in [-0.4, -0.2) is 16.6 Å². The van der Waals surface area contributed by atoms with E-state index in [4.69, 9.17) is 9.73 Å². The van der Waals surface area contributed by atoms with E-state index >= 15 is 0 Å². The van der Waals surface area contributed by atoms with Gasteiger partial charge in [-0.25, -0.2) is 0 Å². The van der Waals surface area contributed by atoms with E-state index < -0.39 is 0 Å². The zero-order valence-electron chi connectivity index (χ0n) is 8.33. The predicted octanol–water partition coefficient (Wildman–Crippen LogP) is 2.09. The maximum absolute atomic E-state index is 8.41. The van der Waals surface area contributed by atoms with Crippen molar-refractivity contribution in [1.82, 2.24) is 5.16 Å². The molecule has 0 saturated carbocycles. The summed E-state index contributed by atoms with van der Waals surface area (Å²) < 4.78 is 5.02. The molecule has 4 heteroatoms. The second-order valence-corrected chi connectivity index (χ2v) is 3.99. The van der Waals surface area contributed by atoms with Crippen molar-refractivity contribution in [3.8, 4) is 0 Å². The summed E-state index contributed by atoms with van der Waals surface area (Å²) in [6.07, 6.45) is 1.29. The van der Waals surface area contributed by atoms with Gasteiger partial charge in [0.25, 0.3) is 0 Å². The van der Waals surface area contributed by atoms with E-state index in [0.29, 0.717) is 5.69 Å². The van der Waals surface area contributed by atoms with Crippen LogP contribution in [0.4, 0.5) is 0 Å². The summed E-state index contributed by atoms with van der Waals surface area (Å²) in [4.78, 5) is 0. The van der Waals surface area contributed by atoms with Crippen LogP contribution in [0.3, 0.4) is 0 Å². The summed E-state index contributed by atoms with van der Waals surface area (Å²) in [5.41, 5.74) is 1.51. The van der Waals surface area contributed by atoms with Crippen LogP contribution in [0.25, 0.3) is 0 Å².